The molecule has 1 amide bonds. The number of carbonyl (C=O) groups is 1. The maximum absolute atomic E-state index is 13.6. The van der Waals surface area contributed by atoms with E-state index in [1.807, 2.05) is 12.1 Å². The van der Waals surface area contributed by atoms with Crippen molar-refractivity contribution in [1.29, 1.82) is 0 Å². The van der Waals surface area contributed by atoms with Gasteiger partial charge < -0.3 is 5.73 Å². The van der Waals surface area contributed by atoms with Gasteiger partial charge in [-0.3, -0.25) is 9.10 Å². The van der Waals surface area contributed by atoms with Gasteiger partial charge in [0.05, 0.1) is 15.7 Å². The molecule has 0 unspecified atom stereocenters. The first kappa shape index (κ1) is 23.7. The lowest BCUT2D eigenvalue weighted by Gasteiger charge is -2.26. The highest BCUT2D eigenvalue weighted by atomic mass is 35.5. The van der Waals surface area contributed by atoms with Gasteiger partial charge in [0, 0.05) is 16.5 Å². The summed E-state index contributed by atoms with van der Waals surface area (Å²) in [5.74, 6) is -0.856. The van der Waals surface area contributed by atoms with Gasteiger partial charge in [-0.2, -0.15) is 0 Å². The van der Waals surface area contributed by atoms with Gasteiger partial charge in [-0.15, -0.1) is 0 Å². The molecule has 0 heterocycles. The minimum Gasteiger partial charge on any atom is -0.368 e. The van der Waals surface area contributed by atoms with Crippen LogP contribution in [-0.2, 0) is 21.2 Å². The summed E-state index contributed by atoms with van der Waals surface area (Å²) in [6, 6.07) is 16.1. The molecule has 0 saturated carbocycles. The number of sulfonamides is 1. The Morgan fingerprint density at radius 2 is 1.45 bits per heavy atom. The second-order valence-electron chi connectivity index (χ2n) is 6.57. The van der Waals surface area contributed by atoms with Crippen molar-refractivity contribution in [1.82, 2.24) is 0 Å². The van der Waals surface area contributed by atoms with Crippen molar-refractivity contribution in [2.24, 2.45) is 5.73 Å². The van der Waals surface area contributed by atoms with Crippen molar-refractivity contribution in [3.8, 4) is 0 Å². The smallest absolute Gasteiger partial charge is 0.267 e. The van der Waals surface area contributed by atoms with Crippen molar-refractivity contribution in [2.75, 3.05) is 10.8 Å². The third-order valence-corrected chi connectivity index (χ3v) is 7.74. The summed E-state index contributed by atoms with van der Waals surface area (Å²) >= 11 is 24.8. The topological polar surface area (TPSA) is 80.5 Å². The van der Waals surface area contributed by atoms with Gasteiger partial charge in [0.2, 0.25) is 5.91 Å². The van der Waals surface area contributed by atoms with Gasteiger partial charge in [-0.25, -0.2) is 8.42 Å². The van der Waals surface area contributed by atoms with Crippen LogP contribution in [0.15, 0.2) is 65.6 Å². The van der Waals surface area contributed by atoms with E-state index in [0.717, 1.165) is 9.87 Å². The van der Waals surface area contributed by atoms with Crippen LogP contribution in [0.1, 0.15) is 11.1 Å². The zero-order chi connectivity index (χ0) is 22.8. The fourth-order valence-corrected chi connectivity index (χ4v) is 6.03. The number of nitrogens with zero attached hydrogens (tertiary/aromatic N) is 1. The van der Waals surface area contributed by atoms with Crippen LogP contribution in [-0.4, -0.2) is 20.9 Å². The standard InChI is InChI=1S/C21H16Cl4N2O3S/c22-15-8-9-19(14(11-15)10-13-4-1-2-5-16(13)23)27(12-20(26)28)31(29,30)21-17(24)6-3-7-18(21)25/h1-9,11H,10,12H2,(H2,26,28). The summed E-state index contributed by atoms with van der Waals surface area (Å²) in [5.41, 5.74) is 6.86. The molecule has 162 valence electrons. The molecule has 3 aromatic rings. The summed E-state index contributed by atoms with van der Waals surface area (Å²) < 4.78 is 28.0. The number of amides is 1. The SMILES string of the molecule is NC(=O)CN(c1ccc(Cl)cc1Cc1ccccc1Cl)S(=O)(=O)c1c(Cl)cccc1Cl. The van der Waals surface area contributed by atoms with E-state index in [4.69, 9.17) is 52.1 Å². The van der Waals surface area contributed by atoms with Crippen LogP contribution in [0.3, 0.4) is 0 Å². The molecule has 0 spiro atoms. The zero-order valence-corrected chi connectivity index (χ0v) is 19.7. The number of carbonyl (C=O) groups excluding carboxylic acids is 1. The third-order valence-electron chi connectivity index (χ3n) is 4.42. The average molecular weight is 518 g/mol. The number of primary amides is 1. The van der Waals surface area contributed by atoms with Gasteiger partial charge in [-0.1, -0.05) is 70.7 Å². The second-order valence-corrected chi connectivity index (χ2v) is 10.0. The Labute approximate surface area is 200 Å². The summed E-state index contributed by atoms with van der Waals surface area (Å²) in [7, 11) is -4.36. The molecule has 0 aliphatic carbocycles. The monoisotopic (exact) mass is 516 g/mol. The molecule has 0 bridgehead atoms. The van der Waals surface area contributed by atoms with Crippen LogP contribution in [0.2, 0.25) is 20.1 Å². The molecule has 0 radical (unpaired) electrons. The molecule has 0 atom stereocenters. The van der Waals surface area contributed by atoms with Crippen molar-refractivity contribution < 1.29 is 13.2 Å². The molecule has 3 aromatic carbocycles. The van der Waals surface area contributed by atoms with E-state index in [2.05, 4.69) is 0 Å². The van der Waals surface area contributed by atoms with E-state index in [1.165, 1.54) is 30.3 Å². The molecular formula is C21H16Cl4N2O3S. The first-order valence-corrected chi connectivity index (χ1v) is 11.8. The van der Waals surface area contributed by atoms with Crippen molar-refractivity contribution in [3.05, 3.63) is 91.9 Å². The first-order chi connectivity index (χ1) is 14.6. The molecule has 5 nitrogen and oxygen atoms in total. The van der Waals surface area contributed by atoms with E-state index in [-0.39, 0.29) is 27.0 Å². The Bertz CT molecular complexity index is 1230. The van der Waals surface area contributed by atoms with Gasteiger partial charge in [0.25, 0.3) is 10.0 Å². The van der Waals surface area contributed by atoms with Gasteiger partial charge in [0.15, 0.2) is 0 Å². The molecule has 31 heavy (non-hydrogen) atoms. The normalized spacial score (nSPS) is 11.4. The van der Waals surface area contributed by atoms with Crippen LogP contribution in [0.5, 0.6) is 0 Å². The number of hydrogen-bond acceptors (Lipinski definition) is 3. The van der Waals surface area contributed by atoms with Crippen LogP contribution in [0, 0.1) is 0 Å². The van der Waals surface area contributed by atoms with Crippen LogP contribution >= 0.6 is 46.4 Å². The van der Waals surface area contributed by atoms with E-state index < -0.39 is 22.5 Å². The van der Waals surface area contributed by atoms with Crippen molar-refractivity contribution in [3.63, 3.8) is 0 Å². The first-order valence-electron chi connectivity index (χ1n) is 8.88. The summed E-state index contributed by atoms with van der Waals surface area (Å²) in [6.45, 7) is -0.624. The molecule has 0 aliphatic rings. The Morgan fingerprint density at radius 3 is 2.06 bits per heavy atom. The largest absolute Gasteiger partial charge is 0.368 e. The molecule has 0 aromatic heterocycles. The predicted molar refractivity (Wildman–Crippen MR) is 126 cm³/mol. The number of nitrogens with two attached hydrogens (primary N) is 1. The van der Waals surface area contributed by atoms with E-state index in [0.29, 0.717) is 15.6 Å². The molecule has 10 heteroatoms. The highest BCUT2D eigenvalue weighted by Crippen LogP contribution is 2.36. The lowest BCUT2D eigenvalue weighted by molar-refractivity contribution is -0.116. The number of benzene rings is 3. The molecular weight excluding hydrogens is 502 g/mol. The van der Waals surface area contributed by atoms with E-state index in [9.17, 15) is 13.2 Å². The van der Waals surface area contributed by atoms with E-state index in [1.54, 1.807) is 18.2 Å². The summed E-state index contributed by atoms with van der Waals surface area (Å²) in [6.07, 6.45) is 0.261. The number of hydrogen-bond donors (Lipinski definition) is 1. The zero-order valence-electron chi connectivity index (χ0n) is 15.9. The Balaban J connectivity index is 2.20. The van der Waals surface area contributed by atoms with Gasteiger partial charge >= 0.3 is 0 Å². The van der Waals surface area contributed by atoms with Crippen LogP contribution < -0.4 is 10.0 Å². The van der Waals surface area contributed by atoms with Crippen LogP contribution in [0.4, 0.5) is 5.69 Å². The lowest BCUT2D eigenvalue weighted by atomic mass is 10.0. The highest BCUT2D eigenvalue weighted by Gasteiger charge is 2.32. The quantitative estimate of drug-likeness (QED) is 0.444. The lowest BCUT2D eigenvalue weighted by Crippen LogP contribution is -2.39. The summed E-state index contributed by atoms with van der Waals surface area (Å²) in [4.78, 5) is 11.5. The minimum absolute atomic E-state index is 0.0800. The van der Waals surface area contributed by atoms with Crippen molar-refractivity contribution >= 4 is 68.0 Å². The number of rotatable bonds is 7. The number of halogens is 4. The second kappa shape index (κ2) is 9.67. The van der Waals surface area contributed by atoms with Gasteiger partial charge in [0.1, 0.15) is 11.4 Å². The van der Waals surface area contributed by atoms with Crippen LogP contribution in [0.25, 0.3) is 0 Å². The minimum atomic E-state index is -4.36. The predicted octanol–water partition coefficient (Wildman–Crippen LogP) is 5.57. The van der Waals surface area contributed by atoms with Crippen molar-refractivity contribution in [2.45, 2.75) is 11.3 Å². The highest BCUT2D eigenvalue weighted by molar-refractivity contribution is 7.93. The average Bonchev–Trinajstić information content (AvgIpc) is 2.68. The molecule has 0 fully saturated rings. The fraction of sp³-hybridized carbons (Fsp3) is 0.0952. The maximum Gasteiger partial charge on any atom is 0.267 e. The van der Waals surface area contributed by atoms with E-state index >= 15 is 0 Å². The molecule has 2 N–H and O–H groups in total. The van der Waals surface area contributed by atoms with Gasteiger partial charge in [-0.05, 0) is 47.5 Å². The number of anilines is 1. The molecule has 0 saturated heterocycles. The Hall–Kier alpha value is -1.96. The Morgan fingerprint density at radius 1 is 0.839 bits per heavy atom. The Kier molecular flexibility index (Phi) is 7.39. The molecule has 3 rings (SSSR count). The molecule has 0 aliphatic heterocycles. The third kappa shape index (κ3) is 5.27. The fourth-order valence-electron chi connectivity index (χ4n) is 3.07. The summed E-state index contributed by atoms with van der Waals surface area (Å²) in [5, 5.41) is 0.733. The maximum atomic E-state index is 13.6.